The minimum absolute atomic E-state index is 0.0531. The molecule has 1 aromatic heterocycles. The highest BCUT2D eigenvalue weighted by Gasteiger charge is 2.10. The zero-order valence-corrected chi connectivity index (χ0v) is 15.8. The highest BCUT2D eigenvalue weighted by atomic mass is 79.9. The maximum Gasteiger partial charge on any atom is 0.234 e. The Balaban J connectivity index is 1.86. The summed E-state index contributed by atoms with van der Waals surface area (Å²) in [6.07, 6.45) is 5.19. The number of benzene rings is 1. The van der Waals surface area contributed by atoms with Gasteiger partial charge in [-0.1, -0.05) is 37.6 Å². The molecule has 1 heterocycles. The van der Waals surface area contributed by atoms with E-state index in [1.54, 1.807) is 6.33 Å². The molecule has 0 saturated carbocycles. The van der Waals surface area contributed by atoms with Gasteiger partial charge in [0.05, 0.1) is 11.4 Å². The summed E-state index contributed by atoms with van der Waals surface area (Å²) in [5, 5.41) is 11.7. The lowest BCUT2D eigenvalue weighted by molar-refractivity contribution is -0.113. The fourth-order valence-electron chi connectivity index (χ4n) is 2.08. The number of nitrogens with zero attached hydrogens (tertiary/aromatic N) is 3. The van der Waals surface area contributed by atoms with Gasteiger partial charge in [0.25, 0.3) is 0 Å². The van der Waals surface area contributed by atoms with Crippen molar-refractivity contribution in [2.24, 2.45) is 0 Å². The van der Waals surface area contributed by atoms with Crippen molar-refractivity contribution in [1.82, 2.24) is 14.8 Å². The molecule has 0 saturated heterocycles. The average molecular weight is 397 g/mol. The number of carbonyl (C=O) groups excluding carboxylic acids is 1. The molecule has 0 atom stereocenters. The maximum absolute atomic E-state index is 12.1. The van der Waals surface area contributed by atoms with Gasteiger partial charge in [0.2, 0.25) is 5.91 Å². The first kappa shape index (κ1) is 18.0. The lowest BCUT2D eigenvalue weighted by atomic mass is 10.2. The second kappa shape index (κ2) is 9.08. The minimum atomic E-state index is -0.0531. The molecule has 1 amide bonds. The van der Waals surface area contributed by atoms with E-state index in [4.69, 9.17) is 0 Å². The average Bonchev–Trinajstić information content (AvgIpc) is 2.96. The van der Waals surface area contributed by atoms with Crippen LogP contribution >= 0.6 is 27.7 Å². The molecule has 0 bridgehead atoms. The molecule has 5 nitrogen and oxygen atoms in total. The number of rotatable bonds is 8. The summed E-state index contributed by atoms with van der Waals surface area (Å²) in [4.78, 5) is 12.1. The third-order valence-corrected chi connectivity index (χ3v) is 4.95. The summed E-state index contributed by atoms with van der Waals surface area (Å²) in [6, 6.07) is 5.85. The topological polar surface area (TPSA) is 59.8 Å². The van der Waals surface area contributed by atoms with Gasteiger partial charge in [-0.25, -0.2) is 0 Å². The Morgan fingerprint density at radius 1 is 1.39 bits per heavy atom. The number of amides is 1. The van der Waals surface area contributed by atoms with Gasteiger partial charge in [0.1, 0.15) is 6.33 Å². The number of thioether (sulfide) groups is 1. The zero-order chi connectivity index (χ0) is 16.7. The van der Waals surface area contributed by atoms with Gasteiger partial charge in [-0.05, 0) is 47.0 Å². The second-order valence-corrected chi connectivity index (χ2v) is 7.13. The van der Waals surface area contributed by atoms with Crippen LogP contribution in [-0.4, -0.2) is 26.4 Å². The predicted octanol–water partition coefficient (Wildman–Crippen LogP) is 4.27. The quantitative estimate of drug-likeness (QED) is 0.534. The second-order valence-electron chi connectivity index (χ2n) is 5.33. The van der Waals surface area contributed by atoms with Crippen LogP contribution in [0.25, 0.3) is 0 Å². The van der Waals surface area contributed by atoms with Crippen molar-refractivity contribution in [1.29, 1.82) is 0 Å². The molecular formula is C16H21BrN4OS. The number of unbranched alkanes of at least 4 members (excludes halogenated alkanes) is 2. The number of halogens is 1. The Kier molecular flexibility index (Phi) is 7.11. The Labute approximate surface area is 149 Å². The van der Waals surface area contributed by atoms with Crippen LogP contribution in [0.4, 0.5) is 5.69 Å². The molecule has 2 rings (SSSR count). The highest BCUT2D eigenvalue weighted by Crippen LogP contribution is 2.24. The molecule has 2 aromatic rings. The third-order valence-electron chi connectivity index (χ3n) is 3.31. The van der Waals surface area contributed by atoms with Crippen LogP contribution in [-0.2, 0) is 11.3 Å². The van der Waals surface area contributed by atoms with Crippen LogP contribution in [0.3, 0.4) is 0 Å². The Morgan fingerprint density at radius 2 is 2.22 bits per heavy atom. The molecule has 0 aliphatic heterocycles. The number of carbonyl (C=O) groups is 1. The fourth-order valence-corrected chi connectivity index (χ4v) is 3.41. The van der Waals surface area contributed by atoms with Crippen molar-refractivity contribution >= 4 is 39.3 Å². The Bertz CT molecular complexity index is 659. The highest BCUT2D eigenvalue weighted by molar-refractivity contribution is 9.10. The van der Waals surface area contributed by atoms with Crippen molar-refractivity contribution < 1.29 is 4.79 Å². The minimum Gasteiger partial charge on any atom is -0.324 e. The Hall–Kier alpha value is -1.34. The predicted molar refractivity (Wildman–Crippen MR) is 97.8 cm³/mol. The lowest BCUT2D eigenvalue weighted by Gasteiger charge is -2.08. The first-order valence-corrected chi connectivity index (χ1v) is 9.44. The number of anilines is 1. The van der Waals surface area contributed by atoms with Crippen molar-refractivity contribution in [2.45, 2.75) is 44.8 Å². The number of nitrogens with one attached hydrogen (secondary N) is 1. The number of hydrogen-bond donors (Lipinski definition) is 1. The first-order chi connectivity index (χ1) is 11.1. The Morgan fingerprint density at radius 3 is 2.96 bits per heavy atom. The van der Waals surface area contributed by atoms with Gasteiger partial charge in [-0.3, -0.25) is 4.79 Å². The molecular weight excluding hydrogens is 376 g/mol. The molecule has 0 aliphatic carbocycles. The molecule has 7 heteroatoms. The van der Waals surface area contributed by atoms with E-state index in [2.05, 4.69) is 38.4 Å². The van der Waals surface area contributed by atoms with Gasteiger partial charge in [-0.15, -0.1) is 10.2 Å². The summed E-state index contributed by atoms with van der Waals surface area (Å²) in [6.45, 7) is 5.08. The van der Waals surface area contributed by atoms with Crippen LogP contribution in [0.5, 0.6) is 0 Å². The molecule has 124 valence electrons. The largest absolute Gasteiger partial charge is 0.324 e. The smallest absolute Gasteiger partial charge is 0.234 e. The monoisotopic (exact) mass is 396 g/mol. The summed E-state index contributed by atoms with van der Waals surface area (Å²) in [5.41, 5.74) is 1.93. The van der Waals surface area contributed by atoms with Crippen LogP contribution in [0.1, 0.15) is 31.7 Å². The van der Waals surface area contributed by atoms with Gasteiger partial charge in [-0.2, -0.15) is 0 Å². The van der Waals surface area contributed by atoms with Crippen LogP contribution in [0.2, 0.25) is 0 Å². The summed E-state index contributed by atoms with van der Waals surface area (Å²) in [7, 11) is 0. The van der Waals surface area contributed by atoms with Crippen LogP contribution < -0.4 is 5.32 Å². The molecule has 23 heavy (non-hydrogen) atoms. The standard InChI is InChI=1S/C16H21BrN4OS/c1-3-4-5-8-21-11-18-20-16(21)23-10-15(22)19-14-7-6-12(2)9-13(14)17/h6-7,9,11H,3-5,8,10H2,1-2H3,(H,19,22). The van der Waals surface area contributed by atoms with E-state index in [1.807, 2.05) is 29.7 Å². The summed E-state index contributed by atoms with van der Waals surface area (Å²) < 4.78 is 2.90. The van der Waals surface area contributed by atoms with Crippen molar-refractivity contribution in [3.05, 3.63) is 34.6 Å². The molecule has 0 aliphatic rings. The van der Waals surface area contributed by atoms with E-state index in [9.17, 15) is 4.79 Å². The first-order valence-electron chi connectivity index (χ1n) is 7.66. The van der Waals surface area contributed by atoms with E-state index in [0.29, 0.717) is 5.75 Å². The van der Waals surface area contributed by atoms with Gasteiger partial charge < -0.3 is 9.88 Å². The van der Waals surface area contributed by atoms with E-state index in [1.165, 1.54) is 24.6 Å². The van der Waals surface area contributed by atoms with Crippen LogP contribution in [0.15, 0.2) is 34.2 Å². The van der Waals surface area contributed by atoms with E-state index < -0.39 is 0 Å². The zero-order valence-electron chi connectivity index (χ0n) is 13.4. The van der Waals surface area contributed by atoms with Crippen molar-refractivity contribution in [3.8, 4) is 0 Å². The molecule has 0 fully saturated rings. The van der Waals surface area contributed by atoms with Crippen molar-refractivity contribution in [2.75, 3.05) is 11.1 Å². The number of aryl methyl sites for hydroxylation is 2. The molecule has 1 aromatic carbocycles. The lowest BCUT2D eigenvalue weighted by Crippen LogP contribution is -2.15. The van der Waals surface area contributed by atoms with Gasteiger partial charge in [0.15, 0.2) is 5.16 Å². The number of hydrogen-bond acceptors (Lipinski definition) is 4. The van der Waals surface area contributed by atoms with E-state index in [-0.39, 0.29) is 5.91 Å². The van der Waals surface area contributed by atoms with Gasteiger partial charge >= 0.3 is 0 Å². The number of aromatic nitrogens is 3. The fraction of sp³-hybridized carbons (Fsp3) is 0.438. The molecule has 1 N–H and O–H groups in total. The maximum atomic E-state index is 12.1. The third kappa shape index (κ3) is 5.66. The SMILES string of the molecule is CCCCCn1cnnc1SCC(=O)Nc1ccc(C)cc1Br. The molecule has 0 unspecified atom stereocenters. The summed E-state index contributed by atoms with van der Waals surface area (Å²) in [5.74, 6) is 0.259. The molecule has 0 radical (unpaired) electrons. The molecule has 0 spiro atoms. The normalized spacial score (nSPS) is 10.7. The van der Waals surface area contributed by atoms with E-state index >= 15 is 0 Å². The van der Waals surface area contributed by atoms with Gasteiger partial charge in [0, 0.05) is 11.0 Å². The van der Waals surface area contributed by atoms with Crippen LogP contribution in [0, 0.1) is 6.92 Å². The van der Waals surface area contributed by atoms with E-state index in [0.717, 1.165) is 33.8 Å². The van der Waals surface area contributed by atoms with Crippen molar-refractivity contribution in [3.63, 3.8) is 0 Å². The summed E-state index contributed by atoms with van der Waals surface area (Å²) >= 11 is 4.87.